The first-order valence-electron chi connectivity index (χ1n) is 7.47. The molecular formula is C18H18FNO3. The number of hydrogen-bond donors (Lipinski definition) is 1. The standard InChI is InChI=1S/C18H18FNO3/c1-22-16-5-6-17-13(9-16)8-14(11-23-17)18(21)20-10-12-3-2-4-15(19)7-12/h2-7,9,14H,8,10-11H2,1H3,(H,20,21)/t14-/m0/s1. The Morgan fingerprint density at radius 2 is 2.22 bits per heavy atom. The van der Waals surface area contributed by atoms with Crippen LogP contribution in [0.15, 0.2) is 42.5 Å². The van der Waals surface area contributed by atoms with Crippen LogP contribution >= 0.6 is 0 Å². The molecule has 2 aromatic rings. The molecule has 1 N–H and O–H groups in total. The molecule has 1 heterocycles. The summed E-state index contributed by atoms with van der Waals surface area (Å²) in [6, 6.07) is 11.8. The highest BCUT2D eigenvalue weighted by atomic mass is 19.1. The fourth-order valence-corrected chi connectivity index (χ4v) is 2.65. The predicted molar refractivity (Wildman–Crippen MR) is 83.9 cm³/mol. The molecule has 5 heteroatoms. The van der Waals surface area contributed by atoms with E-state index in [0.717, 1.165) is 22.6 Å². The van der Waals surface area contributed by atoms with E-state index in [0.29, 0.717) is 19.6 Å². The molecule has 0 saturated carbocycles. The Balaban J connectivity index is 1.62. The van der Waals surface area contributed by atoms with Gasteiger partial charge in [0, 0.05) is 6.54 Å². The third kappa shape index (κ3) is 3.62. The summed E-state index contributed by atoms with van der Waals surface area (Å²) in [6.45, 7) is 0.645. The molecule has 0 spiro atoms. The van der Waals surface area contributed by atoms with Gasteiger partial charge in [0.25, 0.3) is 0 Å². The van der Waals surface area contributed by atoms with Crippen molar-refractivity contribution in [3.63, 3.8) is 0 Å². The number of carbonyl (C=O) groups is 1. The number of carbonyl (C=O) groups excluding carboxylic acids is 1. The summed E-state index contributed by atoms with van der Waals surface area (Å²) in [5.74, 6) is 0.873. The molecule has 1 atom stereocenters. The van der Waals surface area contributed by atoms with Gasteiger partial charge in [-0.25, -0.2) is 4.39 Å². The van der Waals surface area contributed by atoms with E-state index in [9.17, 15) is 9.18 Å². The van der Waals surface area contributed by atoms with Crippen molar-refractivity contribution in [2.24, 2.45) is 5.92 Å². The maximum atomic E-state index is 13.1. The van der Waals surface area contributed by atoms with Crippen molar-refractivity contribution in [3.05, 3.63) is 59.4 Å². The van der Waals surface area contributed by atoms with Crippen LogP contribution in [0.5, 0.6) is 11.5 Å². The smallest absolute Gasteiger partial charge is 0.227 e. The molecule has 23 heavy (non-hydrogen) atoms. The molecule has 0 radical (unpaired) electrons. The Morgan fingerprint density at radius 1 is 1.35 bits per heavy atom. The zero-order valence-electron chi connectivity index (χ0n) is 12.8. The van der Waals surface area contributed by atoms with E-state index in [4.69, 9.17) is 9.47 Å². The number of benzene rings is 2. The van der Waals surface area contributed by atoms with Gasteiger partial charge in [0.2, 0.25) is 5.91 Å². The van der Waals surface area contributed by atoms with E-state index in [-0.39, 0.29) is 17.6 Å². The third-order valence-corrected chi connectivity index (χ3v) is 3.90. The average molecular weight is 315 g/mol. The van der Waals surface area contributed by atoms with Crippen LogP contribution < -0.4 is 14.8 Å². The maximum Gasteiger partial charge on any atom is 0.227 e. The largest absolute Gasteiger partial charge is 0.497 e. The van der Waals surface area contributed by atoms with Gasteiger partial charge >= 0.3 is 0 Å². The van der Waals surface area contributed by atoms with Gasteiger partial charge < -0.3 is 14.8 Å². The van der Waals surface area contributed by atoms with Gasteiger partial charge in [-0.3, -0.25) is 4.79 Å². The average Bonchev–Trinajstić information content (AvgIpc) is 2.58. The summed E-state index contributed by atoms with van der Waals surface area (Å²) in [5, 5.41) is 2.84. The number of halogens is 1. The fourth-order valence-electron chi connectivity index (χ4n) is 2.65. The van der Waals surface area contributed by atoms with E-state index in [2.05, 4.69) is 5.32 Å². The summed E-state index contributed by atoms with van der Waals surface area (Å²) in [6.07, 6.45) is 0.599. The molecule has 1 aliphatic rings. The molecule has 2 aromatic carbocycles. The lowest BCUT2D eigenvalue weighted by atomic mass is 9.95. The van der Waals surface area contributed by atoms with Gasteiger partial charge in [-0.2, -0.15) is 0 Å². The van der Waals surface area contributed by atoms with E-state index in [1.807, 2.05) is 18.2 Å². The summed E-state index contributed by atoms with van der Waals surface area (Å²) < 4.78 is 24.0. The van der Waals surface area contributed by atoms with Gasteiger partial charge in [0.1, 0.15) is 23.9 Å². The number of ether oxygens (including phenoxy) is 2. The van der Waals surface area contributed by atoms with Crippen LogP contribution in [0.25, 0.3) is 0 Å². The normalized spacial score (nSPS) is 16.2. The van der Waals surface area contributed by atoms with Crippen LogP contribution in [0.4, 0.5) is 4.39 Å². The Bertz CT molecular complexity index is 717. The third-order valence-electron chi connectivity index (χ3n) is 3.90. The molecule has 120 valence electrons. The molecule has 0 aliphatic carbocycles. The molecule has 3 rings (SSSR count). The molecule has 0 aromatic heterocycles. The minimum Gasteiger partial charge on any atom is -0.497 e. The summed E-state index contributed by atoms with van der Waals surface area (Å²) >= 11 is 0. The highest BCUT2D eigenvalue weighted by Gasteiger charge is 2.26. The first-order valence-corrected chi connectivity index (χ1v) is 7.47. The fraction of sp³-hybridized carbons (Fsp3) is 0.278. The zero-order valence-corrected chi connectivity index (χ0v) is 12.8. The van der Waals surface area contributed by atoms with Crippen LogP contribution in [0.1, 0.15) is 11.1 Å². The number of nitrogens with one attached hydrogen (secondary N) is 1. The molecular weight excluding hydrogens is 297 g/mol. The van der Waals surface area contributed by atoms with Crippen molar-refractivity contribution < 1.29 is 18.7 Å². The first kappa shape index (κ1) is 15.3. The number of rotatable bonds is 4. The van der Waals surface area contributed by atoms with E-state index in [1.54, 1.807) is 19.2 Å². The van der Waals surface area contributed by atoms with Crippen molar-refractivity contribution in [1.82, 2.24) is 5.32 Å². The van der Waals surface area contributed by atoms with Crippen LogP contribution in [0, 0.1) is 11.7 Å². The molecule has 1 amide bonds. The lowest BCUT2D eigenvalue weighted by Crippen LogP contribution is -2.37. The maximum absolute atomic E-state index is 13.1. The van der Waals surface area contributed by atoms with E-state index in [1.165, 1.54) is 12.1 Å². The first-order chi connectivity index (χ1) is 11.2. The molecule has 0 unspecified atom stereocenters. The van der Waals surface area contributed by atoms with Crippen LogP contribution in [0.2, 0.25) is 0 Å². The van der Waals surface area contributed by atoms with Crippen molar-refractivity contribution in [3.8, 4) is 11.5 Å². The quantitative estimate of drug-likeness (QED) is 0.944. The number of amides is 1. The van der Waals surface area contributed by atoms with Gasteiger partial charge in [0.15, 0.2) is 0 Å². The van der Waals surface area contributed by atoms with Gasteiger partial charge in [-0.15, -0.1) is 0 Å². The summed E-state index contributed by atoms with van der Waals surface area (Å²) in [4.78, 5) is 12.3. The second-order valence-electron chi connectivity index (χ2n) is 5.53. The predicted octanol–water partition coefficient (Wildman–Crippen LogP) is 2.70. The second-order valence-corrected chi connectivity index (χ2v) is 5.53. The van der Waals surface area contributed by atoms with Crippen molar-refractivity contribution in [1.29, 1.82) is 0 Å². The van der Waals surface area contributed by atoms with Gasteiger partial charge in [-0.05, 0) is 47.9 Å². The van der Waals surface area contributed by atoms with Crippen molar-refractivity contribution in [2.45, 2.75) is 13.0 Å². The molecule has 1 aliphatic heterocycles. The number of methoxy groups -OCH3 is 1. The van der Waals surface area contributed by atoms with Crippen molar-refractivity contribution >= 4 is 5.91 Å². The highest BCUT2D eigenvalue weighted by molar-refractivity contribution is 5.79. The van der Waals surface area contributed by atoms with Crippen LogP contribution in [0.3, 0.4) is 0 Å². The van der Waals surface area contributed by atoms with Gasteiger partial charge in [-0.1, -0.05) is 12.1 Å². The Kier molecular flexibility index (Phi) is 4.46. The topological polar surface area (TPSA) is 47.6 Å². The van der Waals surface area contributed by atoms with Gasteiger partial charge in [0.05, 0.1) is 13.0 Å². The lowest BCUT2D eigenvalue weighted by molar-refractivity contribution is -0.126. The van der Waals surface area contributed by atoms with E-state index >= 15 is 0 Å². The highest BCUT2D eigenvalue weighted by Crippen LogP contribution is 2.30. The number of fused-ring (bicyclic) bond motifs is 1. The Labute approximate surface area is 134 Å². The van der Waals surface area contributed by atoms with Crippen molar-refractivity contribution in [2.75, 3.05) is 13.7 Å². The minimum absolute atomic E-state index is 0.0947. The Hall–Kier alpha value is -2.56. The molecule has 0 fully saturated rings. The minimum atomic E-state index is -0.307. The SMILES string of the molecule is COc1ccc2c(c1)C[C@H](C(=O)NCc1cccc(F)c1)CO2. The number of hydrogen-bond acceptors (Lipinski definition) is 3. The monoisotopic (exact) mass is 315 g/mol. The van der Waals surface area contributed by atoms with E-state index < -0.39 is 0 Å². The second kappa shape index (κ2) is 6.69. The summed E-state index contributed by atoms with van der Waals surface area (Å²) in [5.41, 5.74) is 1.69. The lowest BCUT2D eigenvalue weighted by Gasteiger charge is -2.25. The Morgan fingerprint density at radius 3 is 3.00 bits per heavy atom. The molecule has 0 saturated heterocycles. The summed E-state index contributed by atoms with van der Waals surface area (Å²) in [7, 11) is 1.61. The van der Waals surface area contributed by atoms with Crippen LogP contribution in [-0.2, 0) is 17.8 Å². The van der Waals surface area contributed by atoms with Crippen LogP contribution in [-0.4, -0.2) is 19.6 Å². The molecule has 4 nitrogen and oxygen atoms in total. The zero-order chi connectivity index (χ0) is 16.2. The molecule has 0 bridgehead atoms.